The molecule has 0 aromatic rings. The summed E-state index contributed by atoms with van der Waals surface area (Å²) in [5.41, 5.74) is 0. The van der Waals surface area contributed by atoms with E-state index in [0.717, 1.165) is 6.42 Å². The SMILES string of the molecule is CCC(C#N)NC(=O)C1CC1C. The van der Waals surface area contributed by atoms with Crippen LogP contribution in [0.1, 0.15) is 26.7 Å². The Bertz CT molecular complexity index is 219. The molecule has 1 aliphatic rings. The van der Waals surface area contributed by atoms with Crippen LogP contribution >= 0.6 is 0 Å². The molecule has 0 bridgehead atoms. The molecule has 0 heterocycles. The molecular weight excluding hydrogens is 152 g/mol. The van der Waals surface area contributed by atoms with Crippen molar-refractivity contribution >= 4 is 5.91 Å². The van der Waals surface area contributed by atoms with E-state index in [1.807, 2.05) is 13.0 Å². The number of carbonyl (C=O) groups excluding carboxylic acids is 1. The van der Waals surface area contributed by atoms with Crippen LogP contribution in [0.2, 0.25) is 0 Å². The van der Waals surface area contributed by atoms with Crippen LogP contribution in [-0.2, 0) is 4.79 Å². The zero-order chi connectivity index (χ0) is 9.14. The average Bonchev–Trinajstić information content (AvgIpc) is 2.78. The fourth-order valence-corrected chi connectivity index (χ4v) is 1.19. The largest absolute Gasteiger partial charge is 0.340 e. The number of carbonyl (C=O) groups is 1. The van der Waals surface area contributed by atoms with Gasteiger partial charge in [-0.2, -0.15) is 5.26 Å². The molecule has 1 saturated carbocycles. The molecule has 3 nitrogen and oxygen atoms in total. The highest BCUT2D eigenvalue weighted by molar-refractivity contribution is 5.81. The third-order valence-electron chi connectivity index (χ3n) is 2.33. The molecule has 1 fully saturated rings. The third kappa shape index (κ3) is 1.97. The van der Waals surface area contributed by atoms with Crippen LogP contribution in [0, 0.1) is 23.2 Å². The number of amides is 1. The minimum Gasteiger partial charge on any atom is -0.340 e. The molecule has 0 saturated heterocycles. The normalized spacial score (nSPS) is 28.8. The van der Waals surface area contributed by atoms with E-state index < -0.39 is 0 Å². The zero-order valence-corrected chi connectivity index (χ0v) is 7.50. The maximum atomic E-state index is 11.3. The molecule has 0 aromatic carbocycles. The van der Waals surface area contributed by atoms with Crippen molar-refractivity contribution in [3.63, 3.8) is 0 Å². The molecule has 12 heavy (non-hydrogen) atoms. The van der Waals surface area contributed by atoms with Crippen LogP contribution in [0.5, 0.6) is 0 Å². The minimum atomic E-state index is -0.301. The predicted octanol–water partition coefficient (Wildman–Crippen LogP) is 1.06. The molecule has 1 N–H and O–H groups in total. The molecule has 0 radical (unpaired) electrons. The molecule has 1 aliphatic carbocycles. The molecule has 3 atom stereocenters. The van der Waals surface area contributed by atoms with Crippen LogP contribution in [0.25, 0.3) is 0 Å². The summed E-state index contributed by atoms with van der Waals surface area (Å²) in [5, 5.41) is 11.3. The van der Waals surface area contributed by atoms with Crippen molar-refractivity contribution in [1.29, 1.82) is 5.26 Å². The summed E-state index contributed by atoms with van der Waals surface area (Å²) < 4.78 is 0. The van der Waals surface area contributed by atoms with Crippen molar-refractivity contribution in [3.05, 3.63) is 0 Å². The molecule has 0 aliphatic heterocycles. The Morgan fingerprint density at radius 3 is 2.75 bits per heavy atom. The van der Waals surface area contributed by atoms with E-state index in [1.165, 1.54) is 0 Å². The van der Waals surface area contributed by atoms with Gasteiger partial charge in [-0.15, -0.1) is 0 Å². The Morgan fingerprint density at radius 2 is 2.42 bits per heavy atom. The molecule has 0 aromatic heterocycles. The highest BCUT2D eigenvalue weighted by Gasteiger charge is 2.39. The first kappa shape index (κ1) is 9.05. The number of rotatable bonds is 3. The number of nitriles is 1. The van der Waals surface area contributed by atoms with Gasteiger partial charge in [0.2, 0.25) is 5.91 Å². The van der Waals surface area contributed by atoms with Gasteiger partial charge in [0.15, 0.2) is 0 Å². The summed E-state index contributed by atoms with van der Waals surface area (Å²) in [4.78, 5) is 11.3. The van der Waals surface area contributed by atoms with Gasteiger partial charge in [0, 0.05) is 5.92 Å². The second kappa shape index (κ2) is 3.57. The lowest BCUT2D eigenvalue weighted by Crippen LogP contribution is -2.34. The highest BCUT2D eigenvalue weighted by Crippen LogP contribution is 2.37. The average molecular weight is 166 g/mol. The summed E-state index contributed by atoms with van der Waals surface area (Å²) in [6, 6.07) is 1.75. The van der Waals surface area contributed by atoms with Crippen LogP contribution in [0.4, 0.5) is 0 Å². The van der Waals surface area contributed by atoms with Gasteiger partial charge >= 0.3 is 0 Å². The van der Waals surface area contributed by atoms with E-state index in [0.29, 0.717) is 12.3 Å². The van der Waals surface area contributed by atoms with Gasteiger partial charge in [-0.1, -0.05) is 13.8 Å². The van der Waals surface area contributed by atoms with E-state index in [9.17, 15) is 4.79 Å². The van der Waals surface area contributed by atoms with Crippen molar-refractivity contribution < 1.29 is 4.79 Å². The monoisotopic (exact) mass is 166 g/mol. The first-order chi connectivity index (χ1) is 5.69. The maximum absolute atomic E-state index is 11.3. The van der Waals surface area contributed by atoms with Gasteiger partial charge in [-0.3, -0.25) is 4.79 Å². The van der Waals surface area contributed by atoms with Crippen LogP contribution in [-0.4, -0.2) is 11.9 Å². The Kier molecular flexibility index (Phi) is 2.69. The van der Waals surface area contributed by atoms with E-state index >= 15 is 0 Å². The van der Waals surface area contributed by atoms with Crippen molar-refractivity contribution in [2.45, 2.75) is 32.7 Å². The van der Waals surface area contributed by atoms with Crippen molar-refractivity contribution in [2.75, 3.05) is 0 Å². The molecule has 1 rings (SSSR count). The topological polar surface area (TPSA) is 52.9 Å². The second-order valence-corrected chi connectivity index (χ2v) is 3.42. The number of hydrogen-bond donors (Lipinski definition) is 1. The lowest BCUT2D eigenvalue weighted by Gasteiger charge is -2.07. The Balaban J connectivity index is 2.31. The predicted molar refractivity (Wildman–Crippen MR) is 45.1 cm³/mol. The molecule has 66 valence electrons. The minimum absolute atomic E-state index is 0.0518. The van der Waals surface area contributed by atoms with Gasteiger partial charge in [0.05, 0.1) is 6.07 Å². The fraction of sp³-hybridized carbons (Fsp3) is 0.778. The summed E-state index contributed by atoms with van der Waals surface area (Å²) in [6.07, 6.45) is 1.66. The van der Waals surface area contributed by atoms with Gasteiger partial charge < -0.3 is 5.32 Å². The summed E-state index contributed by atoms with van der Waals surface area (Å²) in [7, 11) is 0. The standard InChI is InChI=1S/C9H14N2O/c1-3-7(5-10)11-9(12)8-4-6(8)2/h6-8H,3-4H2,1-2H3,(H,11,12). The smallest absolute Gasteiger partial charge is 0.224 e. The highest BCUT2D eigenvalue weighted by atomic mass is 16.2. The Morgan fingerprint density at radius 1 is 1.83 bits per heavy atom. The van der Waals surface area contributed by atoms with E-state index in [4.69, 9.17) is 5.26 Å². The lowest BCUT2D eigenvalue weighted by molar-refractivity contribution is -0.122. The number of nitrogens with zero attached hydrogens (tertiary/aromatic N) is 1. The van der Waals surface area contributed by atoms with Crippen molar-refractivity contribution in [1.82, 2.24) is 5.32 Å². The van der Waals surface area contributed by atoms with E-state index in [1.54, 1.807) is 0 Å². The maximum Gasteiger partial charge on any atom is 0.224 e. The molecule has 1 amide bonds. The molecule has 3 heteroatoms. The van der Waals surface area contributed by atoms with Gasteiger partial charge in [0.25, 0.3) is 0 Å². The zero-order valence-electron chi connectivity index (χ0n) is 7.50. The summed E-state index contributed by atoms with van der Waals surface area (Å²) in [5.74, 6) is 0.740. The van der Waals surface area contributed by atoms with Gasteiger partial charge in [-0.05, 0) is 18.8 Å². The van der Waals surface area contributed by atoms with Crippen LogP contribution in [0.3, 0.4) is 0 Å². The molecular formula is C9H14N2O. The summed E-state index contributed by atoms with van der Waals surface area (Å²) >= 11 is 0. The first-order valence-corrected chi connectivity index (χ1v) is 4.39. The second-order valence-electron chi connectivity index (χ2n) is 3.42. The van der Waals surface area contributed by atoms with Crippen molar-refractivity contribution in [2.24, 2.45) is 11.8 Å². The van der Waals surface area contributed by atoms with Gasteiger partial charge in [0.1, 0.15) is 6.04 Å². The molecule has 3 unspecified atom stereocenters. The Labute approximate surface area is 72.8 Å². The van der Waals surface area contributed by atoms with E-state index in [2.05, 4.69) is 12.2 Å². The Hall–Kier alpha value is -1.04. The van der Waals surface area contributed by atoms with E-state index in [-0.39, 0.29) is 17.9 Å². The van der Waals surface area contributed by atoms with Crippen molar-refractivity contribution in [3.8, 4) is 6.07 Å². The van der Waals surface area contributed by atoms with Crippen LogP contribution < -0.4 is 5.32 Å². The number of hydrogen-bond acceptors (Lipinski definition) is 2. The fourth-order valence-electron chi connectivity index (χ4n) is 1.19. The van der Waals surface area contributed by atoms with Crippen LogP contribution in [0.15, 0.2) is 0 Å². The quantitative estimate of drug-likeness (QED) is 0.681. The number of nitrogens with one attached hydrogen (secondary N) is 1. The molecule has 0 spiro atoms. The third-order valence-corrected chi connectivity index (χ3v) is 2.33. The summed E-state index contributed by atoms with van der Waals surface area (Å²) in [6.45, 7) is 3.95. The lowest BCUT2D eigenvalue weighted by atomic mass is 10.2. The first-order valence-electron chi connectivity index (χ1n) is 4.39. The van der Waals surface area contributed by atoms with Gasteiger partial charge in [-0.25, -0.2) is 0 Å².